The number of hydrogen-bond donors (Lipinski definition) is 0. The van der Waals surface area contributed by atoms with Crippen LogP contribution in [0.3, 0.4) is 0 Å². The maximum absolute atomic E-state index is 11.7. The highest BCUT2D eigenvalue weighted by Crippen LogP contribution is 2.15. The van der Waals surface area contributed by atoms with Gasteiger partial charge in [-0.05, 0) is 18.6 Å². The molecule has 1 aromatic rings. The zero-order valence-corrected chi connectivity index (χ0v) is 12.4. The smallest absolute Gasteiger partial charge is 0.329 e. The molecule has 0 saturated carbocycles. The Labute approximate surface area is 121 Å². The molecule has 0 aliphatic carbocycles. The molecule has 0 N–H and O–H groups in total. The quantitative estimate of drug-likeness (QED) is 0.277. The van der Waals surface area contributed by atoms with Gasteiger partial charge in [0.15, 0.2) is 0 Å². The highest BCUT2D eigenvalue weighted by Gasteiger charge is 2.16. The molecule has 0 saturated heterocycles. The van der Waals surface area contributed by atoms with Crippen molar-refractivity contribution >= 4 is 17.6 Å². The van der Waals surface area contributed by atoms with E-state index in [9.17, 15) is 4.79 Å². The van der Waals surface area contributed by atoms with Gasteiger partial charge in [-0.2, -0.15) is 0 Å². The molecule has 3 heteroatoms. The first-order chi connectivity index (χ1) is 9.24. The summed E-state index contributed by atoms with van der Waals surface area (Å²) in [6, 6.07) is 9.06. The maximum Gasteiger partial charge on any atom is 0.329 e. The standard InChI is InChI=1S/C16H23ClO2/c1-2-3-4-5-6-10-13-15(17)16(18)19-14-11-8-7-9-12-14/h7-9,11-12,15H,2-6,10,13H2,1H3. The Kier molecular flexibility index (Phi) is 8.31. The Morgan fingerprint density at radius 1 is 1.11 bits per heavy atom. The fraction of sp³-hybridized carbons (Fsp3) is 0.562. The van der Waals surface area contributed by atoms with Crippen LogP contribution >= 0.6 is 11.6 Å². The molecule has 0 spiro atoms. The molecule has 1 atom stereocenters. The second kappa shape index (κ2) is 9.85. The highest BCUT2D eigenvalue weighted by atomic mass is 35.5. The van der Waals surface area contributed by atoms with E-state index in [2.05, 4.69) is 6.92 Å². The SMILES string of the molecule is CCCCCCCCC(Cl)C(=O)Oc1ccccc1. The van der Waals surface area contributed by atoms with Crippen molar-refractivity contribution in [1.29, 1.82) is 0 Å². The van der Waals surface area contributed by atoms with Crippen LogP contribution in [0.1, 0.15) is 51.9 Å². The summed E-state index contributed by atoms with van der Waals surface area (Å²) in [5.41, 5.74) is 0. The van der Waals surface area contributed by atoms with Crippen molar-refractivity contribution in [1.82, 2.24) is 0 Å². The molecule has 1 rings (SSSR count). The predicted molar refractivity (Wildman–Crippen MR) is 79.7 cm³/mol. The average Bonchev–Trinajstić information content (AvgIpc) is 2.43. The molecule has 106 valence electrons. The summed E-state index contributed by atoms with van der Waals surface area (Å²) in [6.45, 7) is 2.20. The summed E-state index contributed by atoms with van der Waals surface area (Å²) < 4.78 is 5.20. The van der Waals surface area contributed by atoms with Gasteiger partial charge in [-0.15, -0.1) is 11.6 Å². The van der Waals surface area contributed by atoms with Gasteiger partial charge in [0.1, 0.15) is 11.1 Å². The fourth-order valence-electron chi connectivity index (χ4n) is 1.89. The van der Waals surface area contributed by atoms with Crippen LogP contribution in [-0.2, 0) is 4.79 Å². The van der Waals surface area contributed by atoms with Crippen LogP contribution in [0.2, 0.25) is 0 Å². The van der Waals surface area contributed by atoms with Gasteiger partial charge in [0, 0.05) is 0 Å². The Bertz CT molecular complexity index is 351. The number of ether oxygens (including phenoxy) is 1. The Balaban J connectivity index is 2.15. The topological polar surface area (TPSA) is 26.3 Å². The molecule has 0 aliphatic rings. The number of hydrogen-bond acceptors (Lipinski definition) is 2. The van der Waals surface area contributed by atoms with Crippen LogP contribution in [0, 0.1) is 0 Å². The number of carbonyl (C=O) groups excluding carboxylic acids is 1. The van der Waals surface area contributed by atoms with E-state index in [4.69, 9.17) is 16.3 Å². The molecule has 1 unspecified atom stereocenters. The van der Waals surface area contributed by atoms with Gasteiger partial charge in [0.25, 0.3) is 0 Å². The first kappa shape index (κ1) is 16.0. The lowest BCUT2D eigenvalue weighted by Gasteiger charge is -2.09. The average molecular weight is 283 g/mol. The maximum atomic E-state index is 11.7. The first-order valence-electron chi connectivity index (χ1n) is 7.15. The summed E-state index contributed by atoms with van der Waals surface area (Å²) in [5.74, 6) is 0.211. The molecule has 0 aliphatic heterocycles. The lowest BCUT2D eigenvalue weighted by molar-refractivity contribution is -0.134. The second-order valence-corrected chi connectivity index (χ2v) is 5.28. The Morgan fingerprint density at radius 2 is 1.74 bits per heavy atom. The van der Waals surface area contributed by atoms with Crippen molar-refractivity contribution in [2.24, 2.45) is 0 Å². The number of rotatable bonds is 9. The molecule has 19 heavy (non-hydrogen) atoms. The number of alkyl halides is 1. The molecular formula is C16H23ClO2. The number of benzene rings is 1. The molecule has 0 radical (unpaired) electrons. The van der Waals surface area contributed by atoms with Crippen molar-refractivity contribution in [3.8, 4) is 5.75 Å². The molecular weight excluding hydrogens is 260 g/mol. The van der Waals surface area contributed by atoms with Gasteiger partial charge < -0.3 is 4.74 Å². The zero-order valence-electron chi connectivity index (χ0n) is 11.6. The van der Waals surface area contributed by atoms with Crippen LogP contribution in [0.15, 0.2) is 30.3 Å². The van der Waals surface area contributed by atoms with Gasteiger partial charge in [0.05, 0.1) is 0 Å². The zero-order chi connectivity index (χ0) is 13.9. The first-order valence-corrected chi connectivity index (χ1v) is 7.58. The third-order valence-corrected chi connectivity index (χ3v) is 3.42. The van der Waals surface area contributed by atoms with E-state index < -0.39 is 5.38 Å². The normalized spacial score (nSPS) is 12.1. The minimum Gasteiger partial charge on any atom is -0.425 e. The van der Waals surface area contributed by atoms with Crippen LogP contribution in [0.5, 0.6) is 5.75 Å². The molecule has 0 fully saturated rings. The lowest BCUT2D eigenvalue weighted by Crippen LogP contribution is -2.20. The minimum atomic E-state index is -0.536. The largest absolute Gasteiger partial charge is 0.425 e. The minimum absolute atomic E-state index is 0.346. The summed E-state index contributed by atoms with van der Waals surface area (Å²) in [5, 5.41) is -0.536. The lowest BCUT2D eigenvalue weighted by atomic mass is 10.1. The Morgan fingerprint density at radius 3 is 2.42 bits per heavy atom. The molecule has 1 aromatic carbocycles. The summed E-state index contributed by atoms with van der Waals surface area (Å²) in [4.78, 5) is 11.7. The van der Waals surface area contributed by atoms with Gasteiger partial charge in [-0.25, -0.2) is 0 Å². The number of para-hydroxylation sites is 1. The second-order valence-electron chi connectivity index (χ2n) is 4.76. The van der Waals surface area contributed by atoms with Gasteiger partial charge in [-0.3, -0.25) is 4.79 Å². The summed E-state index contributed by atoms with van der Waals surface area (Å²) >= 11 is 6.05. The van der Waals surface area contributed by atoms with Crippen molar-refractivity contribution < 1.29 is 9.53 Å². The predicted octanol–water partition coefficient (Wildman–Crippen LogP) is 4.95. The summed E-state index contributed by atoms with van der Waals surface area (Å²) in [7, 11) is 0. The molecule has 0 amide bonds. The Hall–Kier alpha value is -1.02. The van der Waals surface area contributed by atoms with E-state index >= 15 is 0 Å². The van der Waals surface area contributed by atoms with E-state index in [0.29, 0.717) is 12.2 Å². The number of halogens is 1. The van der Waals surface area contributed by atoms with Crippen LogP contribution in [0.4, 0.5) is 0 Å². The van der Waals surface area contributed by atoms with Crippen LogP contribution in [0.25, 0.3) is 0 Å². The van der Waals surface area contributed by atoms with Crippen molar-refractivity contribution in [3.05, 3.63) is 30.3 Å². The molecule has 0 bridgehead atoms. The fourth-order valence-corrected chi connectivity index (χ4v) is 2.09. The molecule has 2 nitrogen and oxygen atoms in total. The number of esters is 1. The third-order valence-electron chi connectivity index (χ3n) is 3.03. The van der Waals surface area contributed by atoms with Crippen molar-refractivity contribution in [2.45, 2.75) is 57.2 Å². The van der Waals surface area contributed by atoms with E-state index in [1.165, 1.54) is 25.7 Å². The number of carbonyl (C=O) groups is 1. The van der Waals surface area contributed by atoms with Crippen molar-refractivity contribution in [2.75, 3.05) is 0 Å². The van der Waals surface area contributed by atoms with E-state index in [0.717, 1.165) is 12.8 Å². The van der Waals surface area contributed by atoms with E-state index in [1.54, 1.807) is 12.1 Å². The van der Waals surface area contributed by atoms with Crippen LogP contribution < -0.4 is 4.74 Å². The van der Waals surface area contributed by atoms with Gasteiger partial charge in [-0.1, -0.05) is 63.6 Å². The third kappa shape index (κ3) is 7.22. The van der Waals surface area contributed by atoms with Gasteiger partial charge in [0.2, 0.25) is 0 Å². The molecule has 0 aromatic heterocycles. The van der Waals surface area contributed by atoms with E-state index in [-0.39, 0.29) is 5.97 Å². The van der Waals surface area contributed by atoms with Gasteiger partial charge >= 0.3 is 5.97 Å². The highest BCUT2D eigenvalue weighted by molar-refractivity contribution is 6.30. The van der Waals surface area contributed by atoms with Crippen molar-refractivity contribution in [3.63, 3.8) is 0 Å². The molecule has 0 heterocycles. The van der Waals surface area contributed by atoms with E-state index in [1.807, 2.05) is 18.2 Å². The van der Waals surface area contributed by atoms with Crippen LogP contribution in [-0.4, -0.2) is 11.3 Å². The monoisotopic (exact) mass is 282 g/mol. The number of unbranched alkanes of at least 4 members (excludes halogenated alkanes) is 5. The summed E-state index contributed by atoms with van der Waals surface area (Å²) in [6.07, 6.45) is 7.87.